The summed E-state index contributed by atoms with van der Waals surface area (Å²) >= 11 is 6.20. The van der Waals surface area contributed by atoms with E-state index >= 15 is 0 Å². The molecule has 3 heteroatoms. The van der Waals surface area contributed by atoms with Gasteiger partial charge < -0.3 is 10.6 Å². The molecule has 0 aliphatic heterocycles. The number of nitrogens with zero attached hydrogens (tertiary/aromatic N) is 1. The van der Waals surface area contributed by atoms with Crippen LogP contribution in [0.3, 0.4) is 0 Å². The fourth-order valence-corrected chi connectivity index (χ4v) is 2.25. The molecule has 2 N–H and O–H groups in total. The van der Waals surface area contributed by atoms with Gasteiger partial charge in [0.1, 0.15) is 0 Å². The molecule has 0 bridgehead atoms. The van der Waals surface area contributed by atoms with Crippen molar-refractivity contribution in [1.82, 2.24) is 0 Å². The highest BCUT2D eigenvalue weighted by Gasteiger charge is 2.12. The van der Waals surface area contributed by atoms with Gasteiger partial charge in [-0.2, -0.15) is 0 Å². The molecule has 0 spiro atoms. The van der Waals surface area contributed by atoms with Crippen LogP contribution in [0.2, 0.25) is 5.02 Å². The average Bonchev–Trinajstić information content (AvgIpc) is 2.29. The molecule has 2 aromatic carbocycles. The van der Waals surface area contributed by atoms with Gasteiger partial charge in [0, 0.05) is 12.7 Å². The number of hydrogen-bond donors (Lipinski definition) is 1. The zero-order chi connectivity index (χ0) is 12.4. The first-order valence-electron chi connectivity index (χ1n) is 5.44. The van der Waals surface area contributed by atoms with Gasteiger partial charge in [0.15, 0.2) is 0 Å². The third kappa shape index (κ3) is 2.22. The smallest absolute Gasteiger partial charge is 0.0831 e. The van der Waals surface area contributed by atoms with Crippen molar-refractivity contribution in [3.05, 3.63) is 53.1 Å². The maximum Gasteiger partial charge on any atom is 0.0831 e. The lowest BCUT2D eigenvalue weighted by atomic mass is 10.1. The number of nitrogens with two attached hydrogens (primary N) is 1. The summed E-state index contributed by atoms with van der Waals surface area (Å²) in [6.45, 7) is 2.07. The largest absolute Gasteiger partial charge is 0.397 e. The van der Waals surface area contributed by atoms with Crippen LogP contribution in [0.4, 0.5) is 17.1 Å². The van der Waals surface area contributed by atoms with Crippen molar-refractivity contribution in [2.24, 2.45) is 0 Å². The van der Waals surface area contributed by atoms with Crippen molar-refractivity contribution in [3.63, 3.8) is 0 Å². The quantitative estimate of drug-likeness (QED) is 0.812. The first kappa shape index (κ1) is 11.8. The third-order valence-electron chi connectivity index (χ3n) is 2.83. The second kappa shape index (κ2) is 4.68. The van der Waals surface area contributed by atoms with Crippen LogP contribution in [-0.4, -0.2) is 7.05 Å². The highest BCUT2D eigenvalue weighted by atomic mass is 35.5. The highest BCUT2D eigenvalue weighted by Crippen LogP contribution is 2.36. The SMILES string of the molecule is Cc1ccccc1N(C)c1c(N)cccc1Cl. The minimum atomic E-state index is 0.663. The Morgan fingerprint density at radius 2 is 1.76 bits per heavy atom. The van der Waals surface area contributed by atoms with Gasteiger partial charge in [-0.25, -0.2) is 0 Å². The fourth-order valence-electron chi connectivity index (χ4n) is 1.95. The number of benzene rings is 2. The second-order valence-electron chi connectivity index (χ2n) is 4.02. The van der Waals surface area contributed by atoms with Crippen molar-refractivity contribution in [1.29, 1.82) is 0 Å². The molecular formula is C14H15ClN2. The van der Waals surface area contributed by atoms with E-state index in [2.05, 4.69) is 19.1 Å². The van der Waals surface area contributed by atoms with Gasteiger partial charge in [0.05, 0.1) is 16.4 Å². The van der Waals surface area contributed by atoms with E-state index < -0.39 is 0 Å². The summed E-state index contributed by atoms with van der Waals surface area (Å²) in [4.78, 5) is 2.02. The number of anilines is 3. The molecule has 0 saturated heterocycles. The van der Waals surface area contributed by atoms with E-state index in [-0.39, 0.29) is 0 Å². The number of hydrogen-bond acceptors (Lipinski definition) is 2. The lowest BCUT2D eigenvalue weighted by Gasteiger charge is -2.24. The zero-order valence-corrected chi connectivity index (χ0v) is 10.7. The Balaban J connectivity index is 2.51. The minimum absolute atomic E-state index is 0.663. The molecule has 0 unspecified atom stereocenters. The number of nitrogen functional groups attached to an aromatic ring is 1. The zero-order valence-electron chi connectivity index (χ0n) is 9.94. The van der Waals surface area contributed by atoms with E-state index in [9.17, 15) is 0 Å². The van der Waals surface area contributed by atoms with Gasteiger partial charge in [-0.3, -0.25) is 0 Å². The number of aryl methyl sites for hydroxylation is 1. The summed E-state index contributed by atoms with van der Waals surface area (Å²) in [5, 5.41) is 0.663. The van der Waals surface area contributed by atoms with Crippen LogP contribution in [0.25, 0.3) is 0 Å². The van der Waals surface area contributed by atoms with Crippen molar-refractivity contribution >= 4 is 28.7 Å². The standard InChI is InChI=1S/C14H15ClN2/c1-10-6-3-4-9-13(10)17(2)14-11(15)7-5-8-12(14)16/h3-9H,16H2,1-2H3. The summed E-state index contributed by atoms with van der Waals surface area (Å²) < 4.78 is 0. The van der Waals surface area contributed by atoms with E-state index in [1.165, 1.54) is 5.56 Å². The summed E-state index contributed by atoms with van der Waals surface area (Å²) in [6.07, 6.45) is 0. The van der Waals surface area contributed by atoms with Crippen LogP contribution in [0.15, 0.2) is 42.5 Å². The molecule has 2 aromatic rings. The molecular weight excluding hydrogens is 232 g/mol. The van der Waals surface area contributed by atoms with E-state index in [4.69, 9.17) is 17.3 Å². The predicted octanol–water partition coefficient (Wildman–Crippen LogP) is 4.00. The van der Waals surface area contributed by atoms with Crippen LogP contribution in [0.5, 0.6) is 0 Å². The molecule has 0 heterocycles. The number of rotatable bonds is 2. The maximum atomic E-state index is 6.20. The number of halogens is 1. The van der Waals surface area contributed by atoms with Crippen molar-refractivity contribution in [2.75, 3.05) is 17.7 Å². The van der Waals surface area contributed by atoms with Gasteiger partial charge >= 0.3 is 0 Å². The van der Waals surface area contributed by atoms with E-state index in [0.717, 1.165) is 11.4 Å². The van der Waals surface area contributed by atoms with Crippen molar-refractivity contribution in [3.8, 4) is 0 Å². The van der Waals surface area contributed by atoms with Crippen LogP contribution in [0.1, 0.15) is 5.56 Å². The Labute approximate surface area is 107 Å². The maximum absolute atomic E-state index is 6.20. The van der Waals surface area contributed by atoms with Crippen LogP contribution < -0.4 is 10.6 Å². The Hall–Kier alpha value is -1.67. The molecule has 2 rings (SSSR count). The van der Waals surface area contributed by atoms with Gasteiger partial charge in [0.2, 0.25) is 0 Å². The molecule has 0 aromatic heterocycles. The monoisotopic (exact) mass is 246 g/mol. The summed E-state index contributed by atoms with van der Waals surface area (Å²) in [5.74, 6) is 0. The lowest BCUT2D eigenvalue weighted by molar-refractivity contribution is 1.19. The predicted molar refractivity (Wildman–Crippen MR) is 75.1 cm³/mol. The Bertz CT molecular complexity index is 517. The van der Waals surface area contributed by atoms with Gasteiger partial charge in [-0.15, -0.1) is 0 Å². The second-order valence-corrected chi connectivity index (χ2v) is 4.43. The Kier molecular flexibility index (Phi) is 3.25. The van der Waals surface area contributed by atoms with Gasteiger partial charge in [-0.05, 0) is 30.7 Å². The third-order valence-corrected chi connectivity index (χ3v) is 3.14. The molecule has 2 nitrogen and oxygen atoms in total. The molecule has 0 aliphatic carbocycles. The van der Waals surface area contributed by atoms with Gasteiger partial charge in [-0.1, -0.05) is 35.9 Å². The van der Waals surface area contributed by atoms with E-state index in [1.807, 2.05) is 42.3 Å². The van der Waals surface area contributed by atoms with E-state index in [1.54, 1.807) is 0 Å². The van der Waals surface area contributed by atoms with Crippen molar-refractivity contribution < 1.29 is 0 Å². The number of para-hydroxylation sites is 2. The molecule has 88 valence electrons. The normalized spacial score (nSPS) is 10.3. The molecule has 17 heavy (non-hydrogen) atoms. The minimum Gasteiger partial charge on any atom is -0.397 e. The molecule has 0 fully saturated rings. The molecule has 0 aliphatic rings. The van der Waals surface area contributed by atoms with Crippen LogP contribution in [-0.2, 0) is 0 Å². The molecule has 0 amide bonds. The van der Waals surface area contributed by atoms with Crippen LogP contribution in [0, 0.1) is 6.92 Å². The highest BCUT2D eigenvalue weighted by molar-refractivity contribution is 6.34. The van der Waals surface area contributed by atoms with Crippen molar-refractivity contribution in [2.45, 2.75) is 6.92 Å². The fraction of sp³-hybridized carbons (Fsp3) is 0.143. The van der Waals surface area contributed by atoms with Crippen LogP contribution >= 0.6 is 11.6 Å². The molecule has 0 atom stereocenters. The lowest BCUT2D eigenvalue weighted by Crippen LogP contribution is -2.13. The molecule has 0 radical (unpaired) electrons. The van der Waals surface area contributed by atoms with Gasteiger partial charge in [0.25, 0.3) is 0 Å². The van der Waals surface area contributed by atoms with E-state index in [0.29, 0.717) is 10.7 Å². The first-order chi connectivity index (χ1) is 8.11. The Morgan fingerprint density at radius 1 is 1.06 bits per heavy atom. The molecule has 0 saturated carbocycles. The average molecular weight is 247 g/mol. The first-order valence-corrected chi connectivity index (χ1v) is 5.82. The Morgan fingerprint density at radius 3 is 2.41 bits per heavy atom. The summed E-state index contributed by atoms with van der Waals surface area (Å²) in [7, 11) is 1.97. The topological polar surface area (TPSA) is 29.3 Å². The summed E-state index contributed by atoms with van der Waals surface area (Å²) in [5.41, 5.74) is 9.81. The summed E-state index contributed by atoms with van der Waals surface area (Å²) in [6, 6.07) is 13.7.